The fourth-order valence-electron chi connectivity index (χ4n) is 3.20. The summed E-state index contributed by atoms with van der Waals surface area (Å²) in [7, 11) is -13.4. The molecule has 0 spiro atoms. The monoisotopic (exact) mass is 564 g/mol. The maximum atomic E-state index is 13.0. The van der Waals surface area contributed by atoms with Crippen LogP contribution in [-0.2, 0) is 20.0 Å². The van der Waals surface area contributed by atoms with E-state index in [1.54, 1.807) is 0 Å². The molecule has 0 heterocycles. The molecule has 18 heteroatoms. The Bertz CT molecular complexity index is 1510. The number of hydrogen-bond donors (Lipinski definition) is 8. The highest BCUT2D eigenvalue weighted by molar-refractivity contribution is 7.93. The molecule has 3 aromatic rings. The lowest BCUT2D eigenvalue weighted by atomic mass is 9.79. The number of anilines is 2. The van der Waals surface area contributed by atoms with Crippen molar-refractivity contribution in [1.82, 2.24) is 0 Å². The minimum absolute atomic E-state index is 0.224. The second-order valence-corrected chi connectivity index (χ2v) is 11.0. The molecule has 3 aromatic carbocycles. The lowest BCUT2D eigenvalue weighted by Crippen LogP contribution is -2.31. The van der Waals surface area contributed by atoms with Crippen LogP contribution in [0.3, 0.4) is 0 Å². The van der Waals surface area contributed by atoms with Gasteiger partial charge < -0.3 is 30.3 Å². The van der Waals surface area contributed by atoms with Gasteiger partial charge in [-0.1, -0.05) is 18.2 Å². The van der Waals surface area contributed by atoms with E-state index in [0.717, 1.165) is 54.6 Å². The quantitative estimate of drug-likeness (QED) is 0.125. The minimum Gasteiger partial charge on any atom is -0.478 e. The van der Waals surface area contributed by atoms with Crippen LogP contribution >= 0.6 is 0 Å². The Balaban J connectivity index is 2.01. The van der Waals surface area contributed by atoms with Gasteiger partial charge in [0.25, 0.3) is 20.0 Å². The maximum absolute atomic E-state index is 13.0. The van der Waals surface area contributed by atoms with Crippen LogP contribution in [0.5, 0.6) is 0 Å². The summed E-state index contributed by atoms with van der Waals surface area (Å²) < 4.78 is 55.9. The van der Waals surface area contributed by atoms with Gasteiger partial charge in [0.2, 0.25) is 0 Å². The Hall–Kier alpha value is -3.93. The molecular weight excluding hydrogens is 546 g/mol. The van der Waals surface area contributed by atoms with Crippen LogP contribution in [0.4, 0.5) is 11.4 Å². The largest absolute Gasteiger partial charge is 0.488 e. The Morgan fingerprint density at radius 1 is 0.605 bits per heavy atom. The highest BCUT2D eigenvalue weighted by atomic mass is 32.2. The standard InChI is InChI=1S/C20H18B2N2O12S2/c25-19(26)15-6-4-11(21(29)30)8-17(15)23-37(33,34)13-2-1-3-14(10-13)38(35,36)24-18-9-12(22(31)32)5-7-16(18)20(27)28/h1-10,23-24,29-32H,(H,25,26)(H,27,28). The molecule has 8 N–H and O–H groups in total. The second kappa shape index (κ2) is 10.8. The van der Waals surface area contributed by atoms with Crippen LogP contribution in [-0.4, -0.2) is 73.3 Å². The van der Waals surface area contributed by atoms with Gasteiger partial charge in [-0.25, -0.2) is 26.4 Å². The van der Waals surface area contributed by atoms with Gasteiger partial charge in [-0.3, -0.25) is 9.44 Å². The molecule has 0 saturated heterocycles. The average molecular weight is 564 g/mol. The summed E-state index contributed by atoms with van der Waals surface area (Å²) in [6.07, 6.45) is 0. The first kappa shape index (κ1) is 28.6. The Morgan fingerprint density at radius 3 is 1.29 bits per heavy atom. The van der Waals surface area contributed by atoms with Gasteiger partial charge in [-0.15, -0.1) is 0 Å². The summed E-state index contributed by atoms with van der Waals surface area (Å²) in [5.41, 5.74) is -2.57. The predicted molar refractivity (Wildman–Crippen MR) is 135 cm³/mol. The van der Waals surface area contributed by atoms with Crippen molar-refractivity contribution < 1.29 is 56.7 Å². The summed E-state index contributed by atoms with van der Waals surface area (Å²) >= 11 is 0. The van der Waals surface area contributed by atoms with Gasteiger partial charge in [0, 0.05) is 0 Å². The van der Waals surface area contributed by atoms with Gasteiger partial charge in [-0.05, 0) is 53.4 Å². The molecular formula is C20H18B2N2O12S2. The van der Waals surface area contributed by atoms with Gasteiger partial charge in [0.05, 0.1) is 32.3 Å². The number of aromatic carboxylic acids is 2. The van der Waals surface area contributed by atoms with Crippen molar-refractivity contribution in [1.29, 1.82) is 0 Å². The number of carboxylic acids is 2. The highest BCUT2D eigenvalue weighted by Gasteiger charge is 2.25. The zero-order valence-electron chi connectivity index (χ0n) is 18.9. The third kappa shape index (κ3) is 6.31. The molecule has 0 aromatic heterocycles. The first-order valence-corrected chi connectivity index (χ1v) is 13.2. The molecule has 0 saturated carbocycles. The minimum atomic E-state index is -4.64. The van der Waals surface area contributed by atoms with Crippen LogP contribution in [0.15, 0.2) is 70.5 Å². The average Bonchev–Trinajstić information content (AvgIpc) is 2.83. The van der Waals surface area contributed by atoms with E-state index in [9.17, 15) is 56.7 Å². The number of carbonyl (C=O) groups is 2. The molecule has 0 aliphatic rings. The summed E-state index contributed by atoms with van der Waals surface area (Å²) in [5, 5.41) is 56.0. The number of hydrogen-bond acceptors (Lipinski definition) is 10. The van der Waals surface area contributed by atoms with Gasteiger partial charge in [-0.2, -0.15) is 0 Å². The van der Waals surface area contributed by atoms with Crippen molar-refractivity contribution in [3.05, 3.63) is 71.8 Å². The van der Waals surface area contributed by atoms with E-state index in [2.05, 4.69) is 0 Å². The molecule has 0 bridgehead atoms. The third-order valence-corrected chi connectivity index (χ3v) is 7.79. The molecule has 0 unspecified atom stereocenters. The first-order chi connectivity index (χ1) is 17.6. The molecule has 38 heavy (non-hydrogen) atoms. The summed E-state index contributed by atoms with van der Waals surface area (Å²) in [4.78, 5) is 21.7. The van der Waals surface area contributed by atoms with E-state index in [0.29, 0.717) is 6.07 Å². The summed E-state index contributed by atoms with van der Waals surface area (Å²) in [5.74, 6) is -3.07. The summed E-state index contributed by atoms with van der Waals surface area (Å²) in [6, 6.07) is 9.52. The van der Waals surface area contributed by atoms with Crippen molar-refractivity contribution in [3.8, 4) is 0 Å². The lowest BCUT2D eigenvalue weighted by Gasteiger charge is -2.14. The highest BCUT2D eigenvalue weighted by Crippen LogP contribution is 2.24. The van der Waals surface area contributed by atoms with Crippen molar-refractivity contribution in [2.45, 2.75) is 9.79 Å². The van der Waals surface area contributed by atoms with Crippen molar-refractivity contribution in [2.75, 3.05) is 9.44 Å². The van der Waals surface area contributed by atoms with E-state index in [1.165, 1.54) is 0 Å². The number of carboxylic acid groups (broad SMARTS) is 2. The molecule has 3 rings (SSSR count). The fourth-order valence-corrected chi connectivity index (χ4v) is 5.51. The van der Waals surface area contributed by atoms with E-state index < -0.39 is 78.5 Å². The number of rotatable bonds is 10. The fraction of sp³-hybridized carbons (Fsp3) is 0. The van der Waals surface area contributed by atoms with Crippen LogP contribution < -0.4 is 20.4 Å². The van der Waals surface area contributed by atoms with Crippen molar-refractivity contribution in [3.63, 3.8) is 0 Å². The first-order valence-electron chi connectivity index (χ1n) is 10.2. The normalized spacial score (nSPS) is 11.5. The van der Waals surface area contributed by atoms with Crippen LogP contribution in [0.25, 0.3) is 0 Å². The van der Waals surface area contributed by atoms with Gasteiger partial charge >= 0.3 is 26.2 Å². The lowest BCUT2D eigenvalue weighted by molar-refractivity contribution is 0.0687. The van der Waals surface area contributed by atoms with Gasteiger partial charge in [0.15, 0.2) is 0 Å². The Morgan fingerprint density at radius 2 is 0.974 bits per heavy atom. The number of benzene rings is 3. The molecule has 0 radical (unpaired) electrons. The number of sulfonamides is 2. The third-order valence-electron chi connectivity index (χ3n) is 5.06. The van der Waals surface area contributed by atoms with E-state index in [4.69, 9.17) is 0 Å². The molecule has 198 valence electrons. The zero-order valence-corrected chi connectivity index (χ0v) is 20.5. The zero-order chi connectivity index (χ0) is 28.4. The molecule has 0 amide bonds. The SMILES string of the molecule is O=C(O)c1ccc(B(O)O)cc1NS(=O)(=O)c1cccc(S(=O)(=O)Nc2cc(B(O)O)ccc2C(=O)O)c1. The van der Waals surface area contributed by atoms with E-state index in [-0.39, 0.29) is 10.9 Å². The summed E-state index contributed by atoms with van der Waals surface area (Å²) in [6.45, 7) is 0. The smallest absolute Gasteiger partial charge is 0.478 e. The molecule has 0 atom stereocenters. The van der Waals surface area contributed by atoms with E-state index in [1.807, 2.05) is 9.44 Å². The second-order valence-electron chi connectivity index (χ2n) is 7.65. The van der Waals surface area contributed by atoms with Crippen molar-refractivity contribution in [2.24, 2.45) is 0 Å². The maximum Gasteiger partial charge on any atom is 0.488 e. The van der Waals surface area contributed by atoms with Crippen LogP contribution in [0, 0.1) is 0 Å². The predicted octanol–water partition coefficient (Wildman–Crippen LogP) is -1.96. The topological polar surface area (TPSA) is 248 Å². The van der Waals surface area contributed by atoms with E-state index >= 15 is 0 Å². The molecule has 0 fully saturated rings. The molecule has 14 nitrogen and oxygen atoms in total. The number of nitrogens with one attached hydrogen (secondary N) is 2. The Labute approximate surface area is 216 Å². The molecule has 0 aliphatic heterocycles. The van der Waals surface area contributed by atoms with Crippen LogP contribution in [0.1, 0.15) is 20.7 Å². The van der Waals surface area contributed by atoms with Crippen LogP contribution in [0.2, 0.25) is 0 Å². The molecule has 0 aliphatic carbocycles. The van der Waals surface area contributed by atoms with Crippen molar-refractivity contribution >= 4 is 68.5 Å². The Kier molecular flexibility index (Phi) is 8.15. The van der Waals surface area contributed by atoms with Gasteiger partial charge in [0.1, 0.15) is 0 Å².